The first kappa shape index (κ1) is 15.7. The van der Waals surface area contributed by atoms with E-state index < -0.39 is 5.60 Å². The highest BCUT2D eigenvalue weighted by atomic mass is 16.6. The van der Waals surface area contributed by atoms with Crippen molar-refractivity contribution in [3.63, 3.8) is 0 Å². The molecule has 5 atom stereocenters. The number of cyclic esters (lactones) is 1. The van der Waals surface area contributed by atoms with Gasteiger partial charge in [-0.3, -0.25) is 4.79 Å². The number of ether oxygens (including phenoxy) is 1. The summed E-state index contributed by atoms with van der Waals surface area (Å²) in [6, 6.07) is 10.5. The normalized spacial score (nSPS) is 40.1. The van der Waals surface area contributed by atoms with E-state index in [4.69, 9.17) is 4.74 Å². The van der Waals surface area contributed by atoms with Gasteiger partial charge in [-0.2, -0.15) is 0 Å². The SMILES string of the molecule is C[C@]1(c2ccccc2)OC(=O)[C@@H]2[C@H]1[C@@H]1CCCCC1=C1CCCC[C@@H]12. The lowest BCUT2D eigenvalue weighted by atomic mass is 9.54. The molecule has 2 nitrogen and oxygen atoms in total. The number of carbonyl (C=O) groups excluding carboxylic acids is 1. The summed E-state index contributed by atoms with van der Waals surface area (Å²) < 4.78 is 6.21. The Labute approximate surface area is 150 Å². The number of hydrogen-bond donors (Lipinski definition) is 0. The maximum Gasteiger partial charge on any atom is 0.310 e. The summed E-state index contributed by atoms with van der Waals surface area (Å²) in [4.78, 5) is 13.1. The molecule has 0 amide bonds. The first-order valence-electron chi connectivity index (χ1n) is 10.2. The highest BCUT2D eigenvalue weighted by Crippen LogP contribution is 2.61. The number of hydrogen-bond acceptors (Lipinski definition) is 2. The van der Waals surface area contributed by atoms with E-state index in [1.165, 1.54) is 56.9 Å². The monoisotopic (exact) mass is 336 g/mol. The molecule has 0 unspecified atom stereocenters. The molecule has 2 saturated carbocycles. The quantitative estimate of drug-likeness (QED) is 0.508. The van der Waals surface area contributed by atoms with E-state index in [-0.39, 0.29) is 11.9 Å². The number of benzene rings is 1. The molecule has 0 aromatic heterocycles. The van der Waals surface area contributed by atoms with Crippen molar-refractivity contribution in [1.29, 1.82) is 0 Å². The molecule has 1 aromatic rings. The fourth-order valence-electron chi connectivity index (χ4n) is 6.57. The Hall–Kier alpha value is -1.57. The van der Waals surface area contributed by atoms with E-state index in [2.05, 4.69) is 31.2 Å². The second-order valence-corrected chi connectivity index (χ2v) is 8.70. The van der Waals surface area contributed by atoms with Crippen molar-refractivity contribution in [2.45, 2.75) is 63.9 Å². The molecule has 5 rings (SSSR count). The lowest BCUT2D eigenvalue weighted by Gasteiger charge is -2.48. The summed E-state index contributed by atoms with van der Waals surface area (Å²) >= 11 is 0. The molecule has 1 heterocycles. The Kier molecular flexibility index (Phi) is 3.59. The third-order valence-corrected chi connectivity index (χ3v) is 7.55. The molecule has 1 aromatic carbocycles. The zero-order valence-electron chi connectivity index (χ0n) is 15.2. The highest BCUT2D eigenvalue weighted by Gasteiger charge is 2.62. The second-order valence-electron chi connectivity index (χ2n) is 8.70. The predicted molar refractivity (Wildman–Crippen MR) is 97.8 cm³/mol. The molecule has 3 aliphatic carbocycles. The molecule has 1 saturated heterocycles. The first-order valence-corrected chi connectivity index (χ1v) is 10.2. The maximum atomic E-state index is 13.1. The van der Waals surface area contributed by atoms with Gasteiger partial charge >= 0.3 is 5.97 Å². The van der Waals surface area contributed by atoms with Crippen LogP contribution in [0.5, 0.6) is 0 Å². The van der Waals surface area contributed by atoms with E-state index in [0.717, 1.165) is 0 Å². The zero-order chi connectivity index (χ0) is 17.0. The van der Waals surface area contributed by atoms with Gasteiger partial charge in [-0.05, 0) is 62.8 Å². The standard InChI is InChI=1S/C23H28O2/c1-23(15-9-3-2-4-10-15)21-19-14-8-6-12-17(19)16-11-5-7-13-18(16)20(21)22(24)25-23/h2-4,9-10,18-21H,5-8,11-14H2,1H3/t18-,19+,20-,21+,23+/m0/s1. The van der Waals surface area contributed by atoms with Crippen LogP contribution < -0.4 is 0 Å². The number of carbonyl (C=O) groups is 1. The lowest BCUT2D eigenvalue weighted by Crippen LogP contribution is -2.45. The number of fused-ring (bicyclic) bond motifs is 5. The van der Waals surface area contributed by atoms with Crippen LogP contribution in [0.2, 0.25) is 0 Å². The van der Waals surface area contributed by atoms with Gasteiger partial charge in [0.05, 0.1) is 5.92 Å². The molecular formula is C23H28O2. The van der Waals surface area contributed by atoms with E-state index >= 15 is 0 Å². The van der Waals surface area contributed by atoms with Crippen molar-refractivity contribution in [1.82, 2.24) is 0 Å². The van der Waals surface area contributed by atoms with Crippen LogP contribution in [0.1, 0.15) is 63.9 Å². The minimum atomic E-state index is -0.459. The Morgan fingerprint density at radius 3 is 2.28 bits per heavy atom. The van der Waals surface area contributed by atoms with Crippen LogP contribution in [0.4, 0.5) is 0 Å². The van der Waals surface area contributed by atoms with Gasteiger partial charge in [-0.25, -0.2) is 0 Å². The predicted octanol–water partition coefficient (Wildman–Crippen LogP) is 5.38. The average molecular weight is 336 g/mol. The Balaban J connectivity index is 1.66. The van der Waals surface area contributed by atoms with Crippen molar-refractivity contribution in [3.8, 4) is 0 Å². The molecule has 0 bridgehead atoms. The van der Waals surface area contributed by atoms with Crippen LogP contribution in [-0.4, -0.2) is 5.97 Å². The third-order valence-electron chi connectivity index (χ3n) is 7.55. The summed E-state index contributed by atoms with van der Waals surface area (Å²) in [7, 11) is 0. The van der Waals surface area contributed by atoms with E-state index in [0.29, 0.717) is 17.8 Å². The summed E-state index contributed by atoms with van der Waals surface area (Å²) in [6.07, 6.45) is 10.1. The van der Waals surface area contributed by atoms with Crippen molar-refractivity contribution >= 4 is 5.97 Å². The van der Waals surface area contributed by atoms with Crippen molar-refractivity contribution in [2.75, 3.05) is 0 Å². The largest absolute Gasteiger partial charge is 0.454 e. The molecule has 132 valence electrons. The zero-order valence-corrected chi connectivity index (χ0v) is 15.2. The van der Waals surface area contributed by atoms with Gasteiger partial charge in [0, 0.05) is 5.92 Å². The van der Waals surface area contributed by atoms with Gasteiger partial charge in [0.2, 0.25) is 0 Å². The summed E-state index contributed by atoms with van der Waals surface area (Å²) in [5, 5.41) is 0. The smallest absolute Gasteiger partial charge is 0.310 e. The molecular weight excluding hydrogens is 308 g/mol. The van der Waals surface area contributed by atoms with Crippen LogP contribution in [0.3, 0.4) is 0 Å². The highest BCUT2D eigenvalue weighted by molar-refractivity contribution is 5.78. The summed E-state index contributed by atoms with van der Waals surface area (Å²) in [5.41, 5.74) is 4.13. The molecule has 25 heavy (non-hydrogen) atoms. The number of esters is 1. The fraction of sp³-hybridized carbons (Fsp3) is 0.609. The van der Waals surface area contributed by atoms with E-state index in [9.17, 15) is 4.79 Å². The minimum absolute atomic E-state index is 0.0744. The molecule has 4 aliphatic rings. The van der Waals surface area contributed by atoms with Crippen molar-refractivity contribution < 1.29 is 9.53 Å². The first-order chi connectivity index (χ1) is 12.2. The molecule has 2 heteroatoms. The van der Waals surface area contributed by atoms with Gasteiger partial charge in [0.1, 0.15) is 5.60 Å². The van der Waals surface area contributed by atoms with Gasteiger partial charge in [-0.1, -0.05) is 54.3 Å². The molecule has 3 fully saturated rings. The Morgan fingerprint density at radius 1 is 0.920 bits per heavy atom. The number of rotatable bonds is 1. The van der Waals surface area contributed by atoms with E-state index in [1.807, 2.05) is 6.07 Å². The third kappa shape index (κ3) is 2.19. The van der Waals surface area contributed by atoms with Crippen LogP contribution in [0, 0.1) is 23.7 Å². The maximum absolute atomic E-state index is 13.1. The minimum Gasteiger partial charge on any atom is -0.454 e. The molecule has 0 spiro atoms. The Bertz CT molecular complexity index is 719. The average Bonchev–Trinajstić information content (AvgIpc) is 2.95. The summed E-state index contributed by atoms with van der Waals surface area (Å²) in [5.74, 6) is 1.50. The Morgan fingerprint density at radius 2 is 1.56 bits per heavy atom. The van der Waals surface area contributed by atoms with Crippen LogP contribution in [0.25, 0.3) is 0 Å². The van der Waals surface area contributed by atoms with Crippen molar-refractivity contribution in [3.05, 3.63) is 47.0 Å². The number of allylic oxidation sites excluding steroid dienone is 2. The van der Waals surface area contributed by atoms with Gasteiger partial charge in [-0.15, -0.1) is 0 Å². The van der Waals surface area contributed by atoms with E-state index in [1.54, 1.807) is 11.1 Å². The van der Waals surface area contributed by atoms with Crippen LogP contribution in [-0.2, 0) is 15.1 Å². The molecule has 0 N–H and O–H groups in total. The van der Waals surface area contributed by atoms with Gasteiger partial charge < -0.3 is 4.74 Å². The van der Waals surface area contributed by atoms with Gasteiger partial charge in [0.25, 0.3) is 0 Å². The topological polar surface area (TPSA) is 26.3 Å². The lowest BCUT2D eigenvalue weighted by molar-refractivity contribution is -0.151. The summed E-state index contributed by atoms with van der Waals surface area (Å²) in [6.45, 7) is 2.19. The molecule has 1 aliphatic heterocycles. The van der Waals surface area contributed by atoms with Crippen LogP contribution in [0.15, 0.2) is 41.5 Å². The fourth-order valence-corrected chi connectivity index (χ4v) is 6.57. The molecule has 0 radical (unpaired) electrons. The van der Waals surface area contributed by atoms with Crippen molar-refractivity contribution in [2.24, 2.45) is 23.7 Å². The van der Waals surface area contributed by atoms with Gasteiger partial charge in [0.15, 0.2) is 0 Å². The second kappa shape index (κ2) is 5.72. The van der Waals surface area contributed by atoms with Crippen LogP contribution >= 0.6 is 0 Å².